The van der Waals surface area contributed by atoms with E-state index < -0.39 is 200 Å². The molecule has 0 spiro atoms. The lowest BCUT2D eigenvalue weighted by molar-refractivity contribution is -0.137. The lowest BCUT2D eigenvalue weighted by Crippen LogP contribution is -2.40. The Bertz CT molecular complexity index is 4480. The molecule has 3 atom stereocenters. The van der Waals surface area contributed by atoms with Gasteiger partial charge in [-0.15, -0.1) is 0 Å². The smallest absolute Gasteiger partial charge is 0.303 e. The lowest BCUT2D eigenvalue weighted by Gasteiger charge is -2.37. The van der Waals surface area contributed by atoms with Crippen molar-refractivity contribution in [2.45, 2.75) is 81.0 Å². The van der Waals surface area contributed by atoms with Gasteiger partial charge in [-0.25, -0.2) is 52.6 Å². The zero-order valence-corrected chi connectivity index (χ0v) is 55.9. The van der Waals surface area contributed by atoms with Gasteiger partial charge in [-0.2, -0.15) is 42.1 Å². The van der Waals surface area contributed by atoms with Gasteiger partial charge in [0.15, 0.2) is 0 Å². The van der Waals surface area contributed by atoms with E-state index in [9.17, 15) is 108 Å². The zero-order valence-electron chi connectivity index (χ0n) is 48.6. The lowest BCUT2D eigenvalue weighted by atomic mass is 9.69. The second kappa shape index (κ2) is 27.6. The Kier molecular flexibility index (Phi) is 22.8. The Morgan fingerprint density at radius 3 is 1.66 bits per heavy atom. The van der Waals surface area contributed by atoms with E-state index >= 15 is 0 Å². The number of carboxylic acids is 1. The van der Waals surface area contributed by atoms with Crippen LogP contribution in [-0.2, 0) is 101 Å². The van der Waals surface area contributed by atoms with E-state index in [1.807, 2.05) is 19.1 Å². The Balaban J connectivity index is 1.47. The van der Waals surface area contributed by atoms with Crippen molar-refractivity contribution in [2.24, 2.45) is 17.3 Å². The Morgan fingerprint density at radius 1 is 0.578 bits per heavy atom. The zero-order chi connectivity index (χ0) is 67.6. The van der Waals surface area contributed by atoms with Crippen molar-refractivity contribution in [2.75, 3.05) is 72.9 Å². The molecule has 6 rings (SSSR count). The second-order valence-corrected chi connectivity index (χ2v) is 37.2. The standard InChI is InChI=1S/C50H70N6O25S9/c1-49(2)44(55(23-10-6-9-14-46(57)58)40-17-15-36-38(47(40)49)30-34(87(74,75)51-19-26-83(62,63)64)32-42(36)89(78,79)53-21-28-85(68,69)70)12-7-5-8-13-45-50(3,4)48-39-31-35(88(76,77)52-20-27-84(65,66)67)33-43(90(80,81)54-22-29-86(71,72)73)37(39)16-18-41(48)56(45)24-11-25-82(59,60)61/h5,7-8,12-13,15-18,30-33,36,38,45,51-54H,6,9-11,14,19-29H2,1-4H3,(H,57,58)(H,59,60,61)(H,62,63,64)(H,65,66,67)(H,68,69,70)(H,71,72,73). The molecule has 4 aliphatic rings. The highest BCUT2D eigenvalue weighted by Gasteiger charge is 2.50. The predicted octanol–water partition coefficient (Wildman–Crippen LogP) is 1.35. The molecule has 2 aliphatic carbocycles. The van der Waals surface area contributed by atoms with Gasteiger partial charge < -0.3 is 14.9 Å². The molecule has 3 unspecified atom stereocenters. The number of hydrogen-bond acceptors (Lipinski definition) is 21. The number of nitrogens with one attached hydrogen (secondary N) is 4. The third-order valence-corrected chi connectivity index (χ3v) is 24.7. The molecule has 0 aromatic heterocycles. The van der Waals surface area contributed by atoms with Gasteiger partial charge in [0.25, 0.3) is 50.6 Å². The maximum absolute atomic E-state index is 14.1. The van der Waals surface area contributed by atoms with Crippen LogP contribution in [0.25, 0.3) is 10.8 Å². The molecule has 31 nitrogen and oxygen atoms in total. The van der Waals surface area contributed by atoms with Crippen LogP contribution in [0.3, 0.4) is 0 Å². The minimum atomic E-state index is -4.87. The molecule has 0 bridgehead atoms. The minimum absolute atomic E-state index is 0.0138. The summed E-state index contributed by atoms with van der Waals surface area (Å²) in [7, 11) is -42.6. The average Bonchev–Trinajstić information content (AvgIpc) is 1.50. The first-order chi connectivity index (χ1) is 41.1. The summed E-state index contributed by atoms with van der Waals surface area (Å²) in [5.74, 6) is -8.28. The van der Waals surface area contributed by atoms with Gasteiger partial charge in [-0.05, 0) is 72.2 Å². The van der Waals surface area contributed by atoms with Gasteiger partial charge in [-0.3, -0.25) is 27.6 Å². The van der Waals surface area contributed by atoms with Gasteiger partial charge in [0, 0.05) is 90.8 Å². The summed E-state index contributed by atoms with van der Waals surface area (Å²) < 4.78 is 283. The van der Waals surface area contributed by atoms with Crippen LogP contribution in [0.5, 0.6) is 0 Å². The van der Waals surface area contributed by atoms with E-state index in [1.165, 1.54) is 24.3 Å². The number of sulfonamides is 4. The summed E-state index contributed by atoms with van der Waals surface area (Å²) in [6.45, 7) is 3.69. The van der Waals surface area contributed by atoms with Gasteiger partial charge >= 0.3 is 5.97 Å². The molecule has 0 fully saturated rings. The molecule has 0 saturated carbocycles. The summed E-state index contributed by atoms with van der Waals surface area (Å²) in [5, 5.41) is 9.22. The molecular formula is C50H70N6O25S9. The van der Waals surface area contributed by atoms with Crippen molar-refractivity contribution >= 4 is 113 Å². The van der Waals surface area contributed by atoms with Crippen LogP contribution in [0.1, 0.15) is 65.4 Å². The predicted molar refractivity (Wildman–Crippen MR) is 331 cm³/mol. The minimum Gasteiger partial charge on any atom is -0.481 e. The SMILES string of the molecule is CC1(C)C(=CC=CC=CC2N(CCCS(=O)(=O)O)c3ccc4c(S(=O)(=O)NCCS(=O)(=O)O)cc(S(=O)(=O)NCCS(=O)(=O)O)cc4c3C2(C)C)N(CCCCCC(=O)O)C2=C1C1C=C(S(=O)(=O)NCCS(=O)(=O)O)C=C(S(=O)(=O)NCCS(=O)(=O)O)C1C=C2. The molecule has 40 heteroatoms. The largest absolute Gasteiger partial charge is 0.481 e. The van der Waals surface area contributed by atoms with Gasteiger partial charge in [0.2, 0.25) is 40.1 Å². The fraction of sp³-hybridized carbons (Fsp3) is 0.500. The Hall–Kier alpha value is -4.86. The van der Waals surface area contributed by atoms with E-state index in [0.717, 1.165) is 18.2 Å². The highest BCUT2D eigenvalue weighted by atomic mass is 32.2. The van der Waals surface area contributed by atoms with Crippen molar-refractivity contribution in [1.29, 1.82) is 0 Å². The average molecular weight is 1440 g/mol. The normalized spacial score (nSPS) is 20.5. The van der Waals surface area contributed by atoms with Crippen molar-refractivity contribution in [3.63, 3.8) is 0 Å². The van der Waals surface area contributed by atoms with Gasteiger partial charge in [-0.1, -0.05) is 76.6 Å². The highest BCUT2D eigenvalue weighted by molar-refractivity contribution is 7.95. The first-order valence-electron chi connectivity index (χ1n) is 27.1. The van der Waals surface area contributed by atoms with Crippen LogP contribution < -0.4 is 23.8 Å². The van der Waals surface area contributed by atoms with Crippen LogP contribution in [0.2, 0.25) is 0 Å². The number of rotatable bonds is 33. The monoisotopic (exact) mass is 1440 g/mol. The molecule has 2 aromatic carbocycles. The number of aliphatic carboxylic acids is 1. The van der Waals surface area contributed by atoms with Crippen LogP contribution in [0.4, 0.5) is 5.69 Å². The first-order valence-corrected chi connectivity index (χ1v) is 41.1. The molecule has 0 saturated heterocycles. The van der Waals surface area contributed by atoms with Crippen molar-refractivity contribution in [3.8, 4) is 0 Å². The second-order valence-electron chi connectivity index (χ2n) is 22.3. The topological polar surface area (TPSA) is 500 Å². The molecule has 504 valence electrons. The number of allylic oxidation sites excluding steroid dienone is 10. The summed E-state index contributed by atoms with van der Waals surface area (Å²) in [6, 6.07) is 3.83. The number of hydrogen-bond donors (Lipinski definition) is 10. The van der Waals surface area contributed by atoms with Gasteiger partial charge in [0.05, 0.1) is 54.4 Å². The third kappa shape index (κ3) is 18.9. The van der Waals surface area contributed by atoms with E-state index in [4.69, 9.17) is 0 Å². The van der Waals surface area contributed by atoms with Crippen molar-refractivity contribution in [1.82, 2.24) is 23.8 Å². The number of nitrogens with zero attached hydrogens (tertiary/aromatic N) is 2. The molecule has 90 heavy (non-hydrogen) atoms. The van der Waals surface area contributed by atoms with Crippen LogP contribution >= 0.6 is 0 Å². The number of benzene rings is 2. The molecule has 2 heterocycles. The molecule has 0 amide bonds. The summed E-state index contributed by atoms with van der Waals surface area (Å²) in [4.78, 5) is 12.4. The Labute approximate surface area is 524 Å². The number of carbonyl (C=O) groups is 1. The van der Waals surface area contributed by atoms with E-state index in [1.54, 1.807) is 69.1 Å². The summed E-state index contributed by atoms with van der Waals surface area (Å²) >= 11 is 0. The highest BCUT2D eigenvalue weighted by Crippen LogP contribution is 2.57. The van der Waals surface area contributed by atoms with Crippen molar-refractivity contribution in [3.05, 3.63) is 111 Å². The van der Waals surface area contributed by atoms with Crippen LogP contribution in [-0.4, -0.2) is 189 Å². The Morgan fingerprint density at radius 2 is 1.11 bits per heavy atom. The third-order valence-electron chi connectivity index (χ3n) is 15.1. The summed E-state index contributed by atoms with van der Waals surface area (Å²) in [5.41, 5.74) is -0.183. The van der Waals surface area contributed by atoms with Crippen molar-refractivity contribution < 1.29 is 108 Å². The van der Waals surface area contributed by atoms with E-state index in [-0.39, 0.29) is 36.7 Å². The maximum atomic E-state index is 14.1. The number of carboxylic acid groups (broad SMARTS) is 1. The number of unbranched alkanes of at least 4 members (excludes halogenated alkanes) is 2. The molecule has 2 aromatic rings. The number of anilines is 1. The first kappa shape index (κ1) is 74.2. The van der Waals surface area contributed by atoms with Gasteiger partial charge in [0.1, 0.15) is 0 Å². The van der Waals surface area contributed by atoms with E-state index in [0.29, 0.717) is 47.5 Å². The fourth-order valence-electron chi connectivity index (χ4n) is 11.2. The molecular weight excluding hydrogens is 1370 g/mol. The van der Waals surface area contributed by atoms with E-state index in [2.05, 4.69) is 4.72 Å². The summed E-state index contributed by atoms with van der Waals surface area (Å²) in [6.07, 6.45) is 14.2. The quantitative estimate of drug-likeness (QED) is 0.0274. The van der Waals surface area contributed by atoms with Crippen LogP contribution in [0.15, 0.2) is 116 Å². The molecule has 10 N–H and O–H groups in total. The van der Waals surface area contributed by atoms with Crippen LogP contribution in [0, 0.1) is 17.3 Å². The number of fused-ring (bicyclic) bond motifs is 5. The fourth-order valence-corrected chi connectivity index (χ4v) is 18.7. The molecule has 0 radical (unpaired) electrons. The molecule has 2 aliphatic heterocycles. The maximum Gasteiger partial charge on any atom is 0.303 e.